The smallest absolute Gasteiger partial charge is 0.431 e. The monoisotopic (exact) mass is 967 g/mol. The Morgan fingerprint density at radius 2 is 1.45 bits per heavy atom. The molecule has 0 aliphatic rings. The number of esters is 2. The number of carboxylic acids is 1. The van der Waals surface area contributed by atoms with Gasteiger partial charge >= 0.3 is 29.8 Å². The number of carbonyl (C=O) groups is 3. The van der Waals surface area contributed by atoms with Crippen LogP contribution in [0, 0.1) is 0 Å². The van der Waals surface area contributed by atoms with Crippen molar-refractivity contribution in [2.45, 2.75) is 39.2 Å². The molecule has 21 heteroatoms. The third-order valence-electron chi connectivity index (χ3n) is 8.20. The van der Waals surface area contributed by atoms with Gasteiger partial charge in [-0.1, -0.05) is 46.4 Å². The van der Waals surface area contributed by atoms with Gasteiger partial charge in [0, 0.05) is 29.7 Å². The van der Waals surface area contributed by atoms with Gasteiger partial charge in [-0.05, 0) is 106 Å². The molecule has 0 aliphatic heterocycles. The molecule has 0 fully saturated rings. The quantitative estimate of drug-likeness (QED) is 0.122. The number of alkyl halides is 3. The van der Waals surface area contributed by atoms with Gasteiger partial charge in [0.25, 0.3) is 5.56 Å². The number of benzene rings is 4. The molecule has 0 spiro atoms. The molecule has 0 aliphatic carbocycles. The number of nitrogens with zero attached hydrogens (tertiary/aromatic N) is 3. The summed E-state index contributed by atoms with van der Waals surface area (Å²) < 4.78 is 65.3. The van der Waals surface area contributed by atoms with E-state index in [9.17, 15) is 37.1 Å². The molecular formula is C43H36Cl4F3N3O11. The van der Waals surface area contributed by atoms with Gasteiger partial charge in [-0.2, -0.15) is 13.2 Å². The Labute approximate surface area is 382 Å². The second-order valence-electron chi connectivity index (χ2n) is 13.2. The number of aliphatic carboxylic acids is 1. The lowest BCUT2D eigenvalue weighted by molar-refractivity contribution is -0.148. The number of rotatable bonds is 11. The molecule has 2 aromatic heterocycles. The van der Waals surface area contributed by atoms with Crippen molar-refractivity contribution in [3.63, 3.8) is 0 Å². The van der Waals surface area contributed by atoms with Crippen molar-refractivity contribution < 1.29 is 56.3 Å². The lowest BCUT2D eigenvalue weighted by atomic mass is 10.2. The van der Waals surface area contributed by atoms with E-state index in [4.69, 9.17) is 70.5 Å². The van der Waals surface area contributed by atoms with E-state index in [0.717, 1.165) is 18.5 Å². The topological polar surface area (TPSA) is 174 Å². The van der Waals surface area contributed by atoms with Gasteiger partial charge in [0.15, 0.2) is 12.7 Å². The van der Waals surface area contributed by atoms with Crippen molar-refractivity contribution in [3.8, 4) is 28.7 Å². The second-order valence-corrected chi connectivity index (χ2v) is 14.9. The molecule has 1 atom stereocenters. The van der Waals surface area contributed by atoms with Crippen LogP contribution in [0.1, 0.15) is 36.8 Å². The lowest BCUT2D eigenvalue weighted by Crippen LogP contribution is -2.40. The number of carbonyl (C=O) groups excluding carboxylic acids is 2. The van der Waals surface area contributed by atoms with E-state index >= 15 is 0 Å². The molecule has 14 nitrogen and oxygen atoms in total. The van der Waals surface area contributed by atoms with E-state index in [0.29, 0.717) is 58.8 Å². The minimum Gasteiger partial charge on any atom is -0.480 e. The molecule has 0 amide bonds. The second kappa shape index (κ2) is 22.4. The summed E-state index contributed by atoms with van der Waals surface area (Å²) >= 11 is 23.8. The van der Waals surface area contributed by atoms with Crippen LogP contribution in [-0.2, 0) is 32.3 Å². The number of hydrogen-bond acceptors (Lipinski definition) is 11. The van der Waals surface area contributed by atoms with Crippen molar-refractivity contribution >= 4 is 75.2 Å². The molecule has 1 N–H and O–H groups in total. The standard InChI is InChI=1S/C16H14Cl2O4.C16H14ClF3N2O4.C11H8ClNO3/c1-10(16(19)20-2)21-12-4-6-13(7-5-12)22-15-8-3-11(17)9-14(15)18;1-8(2)26-14(24)10-6-9(4-5-11(10)17)22-13(23)7-12(16(18,19)20)21(3)15(22)25;12-8-3-4-9(16-6-10(14)15)11-7(8)2-1-5-13-11/h3-10H,1-2H3;4-8H,1-3H3;1-5H,6H2,(H,14,15). The molecule has 0 radical (unpaired) electrons. The van der Waals surface area contributed by atoms with E-state index in [1.807, 2.05) is 0 Å². The first kappa shape index (κ1) is 50.4. The van der Waals surface area contributed by atoms with Gasteiger partial charge in [-0.3, -0.25) is 14.3 Å². The Balaban J connectivity index is 0.000000216. The highest BCUT2D eigenvalue weighted by molar-refractivity contribution is 6.36. The molecule has 64 heavy (non-hydrogen) atoms. The number of fused-ring (bicyclic) bond motifs is 1. The maximum absolute atomic E-state index is 12.9. The van der Waals surface area contributed by atoms with Crippen LogP contribution in [0.2, 0.25) is 20.1 Å². The summed E-state index contributed by atoms with van der Waals surface area (Å²) in [5.74, 6) is -0.212. The molecule has 0 saturated heterocycles. The van der Waals surface area contributed by atoms with E-state index in [-0.39, 0.29) is 16.3 Å². The van der Waals surface area contributed by atoms with Gasteiger partial charge in [-0.25, -0.2) is 23.7 Å². The maximum Gasteiger partial charge on any atom is 0.431 e. The fraction of sp³-hybridized carbons (Fsp3) is 0.209. The lowest BCUT2D eigenvalue weighted by Gasteiger charge is -2.15. The number of halogens is 7. The van der Waals surface area contributed by atoms with Crippen LogP contribution < -0.4 is 25.5 Å². The molecule has 6 rings (SSSR count). The zero-order chi connectivity index (χ0) is 47.5. The summed E-state index contributed by atoms with van der Waals surface area (Å²) in [6.07, 6.45) is -4.38. The Kier molecular flexibility index (Phi) is 17.6. The largest absolute Gasteiger partial charge is 0.480 e. The van der Waals surface area contributed by atoms with Crippen LogP contribution in [0.15, 0.2) is 107 Å². The number of methoxy groups -OCH3 is 1. The molecule has 1 unspecified atom stereocenters. The zero-order valence-electron chi connectivity index (χ0n) is 34.1. The van der Waals surface area contributed by atoms with Crippen LogP contribution in [0.3, 0.4) is 0 Å². The summed E-state index contributed by atoms with van der Waals surface area (Å²) in [5.41, 5.74) is -3.44. The number of aromatic nitrogens is 3. The Morgan fingerprint density at radius 1 is 0.812 bits per heavy atom. The molecule has 338 valence electrons. The minimum atomic E-state index is -4.86. The van der Waals surface area contributed by atoms with Crippen molar-refractivity contribution in [2.24, 2.45) is 7.05 Å². The Hall–Kier alpha value is -6.27. The van der Waals surface area contributed by atoms with Crippen LogP contribution in [-0.4, -0.2) is 63.1 Å². The summed E-state index contributed by atoms with van der Waals surface area (Å²) in [6.45, 7) is 4.45. The highest BCUT2D eigenvalue weighted by Gasteiger charge is 2.35. The van der Waals surface area contributed by atoms with Crippen molar-refractivity contribution in [1.29, 1.82) is 0 Å². The van der Waals surface area contributed by atoms with Crippen molar-refractivity contribution in [2.75, 3.05) is 13.7 Å². The van der Waals surface area contributed by atoms with Crippen LogP contribution in [0.5, 0.6) is 23.0 Å². The normalized spacial score (nSPS) is 11.3. The average Bonchev–Trinajstić information content (AvgIpc) is 3.23. The van der Waals surface area contributed by atoms with Crippen LogP contribution in [0.4, 0.5) is 13.2 Å². The predicted octanol–water partition coefficient (Wildman–Crippen LogP) is 9.85. The number of carboxylic acid groups (broad SMARTS) is 1. The molecule has 0 saturated carbocycles. The van der Waals surface area contributed by atoms with Crippen LogP contribution in [0.25, 0.3) is 16.6 Å². The summed E-state index contributed by atoms with van der Waals surface area (Å²) in [7, 11) is 2.21. The SMILES string of the molecule is CC(C)OC(=O)c1cc(-n2c(=O)cc(C(F)(F)F)n(C)c2=O)ccc1Cl.COC(=O)C(C)Oc1ccc(Oc2ccc(Cl)cc2Cl)cc1.O=C(O)COc1ccc(Cl)c2cccnc12. The van der Waals surface area contributed by atoms with E-state index < -0.39 is 59.8 Å². The Bertz CT molecular complexity index is 2760. The third-order valence-corrected chi connectivity index (χ3v) is 9.39. The highest BCUT2D eigenvalue weighted by Crippen LogP contribution is 2.33. The fourth-order valence-corrected chi connectivity index (χ4v) is 6.14. The average molecular weight is 970 g/mol. The first-order valence-electron chi connectivity index (χ1n) is 18.4. The summed E-state index contributed by atoms with van der Waals surface area (Å²) in [6, 6.07) is 22.5. The van der Waals surface area contributed by atoms with Gasteiger partial charge in [0.05, 0.1) is 39.5 Å². The van der Waals surface area contributed by atoms with Crippen molar-refractivity contribution in [1.82, 2.24) is 14.1 Å². The molecule has 4 aromatic carbocycles. The zero-order valence-corrected chi connectivity index (χ0v) is 37.1. The number of hydrogen-bond donors (Lipinski definition) is 1. The van der Waals surface area contributed by atoms with Gasteiger partial charge < -0.3 is 28.8 Å². The molecule has 2 heterocycles. The highest BCUT2D eigenvalue weighted by atomic mass is 35.5. The Morgan fingerprint density at radius 3 is 2.06 bits per heavy atom. The first-order valence-corrected chi connectivity index (χ1v) is 19.9. The minimum absolute atomic E-state index is 0.0104. The number of ether oxygens (including phenoxy) is 5. The number of pyridine rings is 1. The van der Waals surface area contributed by atoms with Gasteiger partial charge in [-0.15, -0.1) is 0 Å². The van der Waals surface area contributed by atoms with Gasteiger partial charge in [0.2, 0.25) is 0 Å². The van der Waals surface area contributed by atoms with Crippen molar-refractivity contribution in [3.05, 3.63) is 149 Å². The summed E-state index contributed by atoms with van der Waals surface area (Å²) in [5, 5.41) is 10.8. The van der Waals surface area contributed by atoms with Crippen LogP contribution >= 0.6 is 46.4 Å². The van der Waals surface area contributed by atoms with Gasteiger partial charge in [0.1, 0.15) is 34.2 Å². The summed E-state index contributed by atoms with van der Waals surface area (Å²) in [4.78, 5) is 62.3. The molecular weight excluding hydrogens is 933 g/mol. The fourth-order valence-electron chi connectivity index (χ4n) is 5.28. The third kappa shape index (κ3) is 13.6. The molecule has 6 aromatic rings. The predicted molar refractivity (Wildman–Crippen MR) is 233 cm³/mol. The maximum atomic E-state index is 12.9. The van der Waals surface area contributed by atoms with E-state index in [2.05, 4.69) is 9.72 Å². The first-order chi connectivity index (χ1) is 30.1. The molecule has 0 bridgehead atoms. The van der Waals surface area contributed by atoms with E-state index in [1.54, 1.807) is 93.7 Å². The van der Waals surface area contributed by atoms with E-state index in [1.165, 1.54) is 19.2 Å².